The Kier molecular flexibility index (Phi) is 7.57. The molecule has 2 rings (SSSR count). The lowest BCUT2D eigenvalue weighted by molar-refractivity contribution is 0.0800. The van der Waals surface area contributed by atoms with E-state index in [4.69, 9.17) is 4.74 Å². The molecule has 0 aromatic carbocycles. The first-order valence-corrected chi connectivity index (χ1v) is 9.18. The molecule has 0 amide bonds. The highest BCUT2D eigenvalue weighted by atomic mass is 16.5. The molecule has 0 radical (unpaired) electrons. The molecule has 0 aliphatic heterocycles. The molecule has 2 aliphatic carbocycles. The first-order chi connectivity index (χ1) is 10.3. The van der Waals surface area contributed by atoms with Gasteiger partial charge in [-0.25, -0.2) is 0 Å². The zero-order chi connectivity index (χ0) is 14.9. The van der Waals surface area contributed by atoms with Crippen molar-refractivity contribution in [2.24, 2.45) is 23.7 Å². The number of hydrogen-bond donors (Lipinski definition) is 0. The van der Waals surface area contributed by atoms with Crippen molar-refractivity contribution in [1.29, 1.82) is 0 Å². The molecular weight excluding hydrogens is 256 g/mol. The van der Waals surface area contributed by atoms with Crippen molar-refractivity contribution in [3.8, 4) is 0 Å². The molecule has 1 heteroatoms. The second-order valence-corrected chi connectivity index (χ2v) is 7.12. The van der Waals surface area contributed by atoms with Crippen LogP contribution in [0, 0.1) is 23.7 Å². The summed E-state index contributed by atoms with van der Waals surface area (Å²) < 4.78 is 5.63. The van der Waals surface area contributed by atoms with E-state index in [0.29, 0.717) is 0 Å². The first-order valence-electron chi connectivity index (χ1n) is 9.18. The topological polar surface area (TPSA) is 9.23 Å². The summed E-state index contributed by atoms with van der Waals surface area (Å²) in [5.74, 6) is 3.72. The lowest BCUT2D eigenvalue weighted by atomic mass is 9.69. The Balaban J connectivity index is 1.64. The minimum absolute atomic E-state index is 0.717. The van der Waals surface area contributed by atoms with Gasteiger partial charge in [-0.2, -0.15) is 0 Å². The molecule has 0 aromatic heterocycles. The fraction of sp³-hybridized carbons (Fsp3) is 0.800. The van der Waals surface area contributed by atoms with Gasteiger partial charge < -0.3 is 4.74 Å². The second kappa shape index (κ2) is 9.46. The van der Waals surface area contributed by atoms with E-state index in [2.05, 4.69) is 25.7 Å². The molecular formula is C20H34O. The van der Waals surface area contributed by atoms with Gasteiger partial charge in [0.1, 0.15) is 0 Å². The van der Waals surface area contributed by atoms with Crippen LogP contribution in [-0.2, 0) is 4.74 Å². The monoisotopic (exact) mass is 290 g/mol. The van der Waals surface area contributed by atoms with Crippen molar-refractivity contribution in [2.45, 2.75) is 64.7 Å². The molecule has 120 valence electrons. The van der Waals surface area contributed by atoms with Crippen LogP contribution < -0.4 is 0 Å². The van der Waals surface area contributed by atoms with E-state index in [1.807, 2.05) is 6.08 Å². The minimum atomic E-state index is 0.717. The van der Waals surface area contributed by atoms with Gasteiger partial charge in [0.25, 0.3) is 0 Å². The lowest BCUT2D eigenvalue weighted by Crippen LogP contribution is -2.26. The Morgan fingerprint density at radius 1 is 0.952 bits per heavy atom. The van der Waals surface area contributed by atoms with Crippen LogP contribution in [0.5, 0.6) is 0 Å². The Labute approximate surface area is 131 Å². The van der Waals surface area contributed by atoms with Crippen molar-refractivity contribution in [2.75, 3.05) is 13.2 Å². The van der Waals surface area contributed by atoms with Crippen LogP contribution in [0.15, 0.2) is 24.8 Å². The molecule has 2 aliphatic rings. The minimum Gasteiger partial charge on any atom is -0.377 e. The molecule has 21 heavy (non-hydrogen) atoms. The van der Waals surface area contributed by atoms with Gasteiger partial charge in [-0.1, -0.05) is 25.2 Å². The highest BCUT2D eigenvalue weighted by Gasteiger charge is 2.30. The fourth-order valence-electron chi connectivity index (χ4n) is 4.28. The van der Waals surface area contributed by atoms with Gasteiger partial charge in [0, 0.05) is 6.61 Å². The zero-order valence-corrected chi connectivity index (χ0v) is 13.9. The summed E-state index contributed by atoms with van der Waals surface area (Å²) >= 11 is 0. The molecule has 0 atom stereocenters. The third kappa shape index (κ3) is 5.62. The third-order valence-electron chi connectivity index (χ3n) is 5.61. The van der Waals surface area contributed by atoms with Gasteiger partial charge in [-0.3, -0.25) is 0 Å². The summed E-state index contributed by atoms with van der Waals surface area (Å²) in [6.45, 7) is 7.62. The van der Waals surface area contributed by atoms with Crippen LogP contribution >= 0.6 is 0 Å². The van der Waals surface area contributed by atoms with E-state index in [1.165, 1.54) is 57.8 Å². The number of ether oxygens (including phenoxy) is 1. The standard InChI is InChI=1S/C20H34O/c1-3-5-6-17-7-11-19(12-8-17)20-13-9-18(10-14-20)16-21-15-4-2/h4-6,17-20H,2-3,7-16H2,1H3/b6-5+. The highest BCUT2D eigenvalue weighted by Crippen LogP contribution is 2.41. The zero-order valence-electron chi connectivity index (χ0n) is 13.9. The van der Waals surface area contributed by atoms with Crippen LogP contribution in [0.4, 0.5) is 0 Å². The predicted molar refractivity (Wildman–Crippen MR) is 91.3 cm³/mol. The van der Waals surface area contributed by atoms with E-state index in [9.17, 15) is 0 Å². The Morgan fingerprint density at radius 3 is 2.14 bits per heavy atom. The van der Waals surface area contributed by atoms with Crippen LogP contribution in [0.25, 0.3) is 0 Å². The normalized spacial score (nSPS) is 34.1. The third-order valence-corrected chi connectivity index (χ3v) is 5.61. The van der Waals surface area contributed by atoms with Gasteiger partial charge in [-0.15, -0.1) is 6.58 Å². The average Bonchev–Trinajstić information content (AvgIpc) is 2.54. The average molecular weight is 290 g/mol. The molecule has 0 aromatic rings. The van der Waals surface area contributed by atoms with Crippen molar-refractivity contribution in [3.05, 3.63) is 24.8 Å². The quantitative estimate of drug-likeness (QED) is 0.427. The van der Waals surface area contributed by atoms with Gasteiger partial charge in [0.2, 0.25) is 0 Å². The summed E-state index contributed by atoms with van der Waals surface area (Å²) in [6, 6.07) is 0. The number of allylic oxidation sites excluding steroid dienone is 2. The van der Waals surface area contributed by atoms with Gasteiger partial charge in [0.15, 0.2) is 0 Å². The Morgan fingerprint density at radius 2 is 1.57 bits per heavy atom. The van der Waals surface area contributed by atoms with Crippen molar-refractivity contribution >= 4 is 0 Å². The summed E-state index contributed by atoms with van der Waals surface area (Å²) in [5, 5.41) is 0. The smallest absolute Gasteiger partial charge is 0.0644 e. The van der Waals surface area contributed by atoms with Crippen LogP contribution in [0.2, 0.25) is 0 Å². The second-order valence-electron chi connectivity index (χ2n) is 7.12. The predicted octanol–water partition coefficient (Wildman–Crippen LogP) is 5.77. The number of rotatable bonds is 7. The molecule has 0 saturated heterocycles. The maximum Gasteiger partial charge on any atom is 0.0644 e. The maximum atomic E-state index is 5.63. The molecule has 0 bridgehead atoms. The molecule has 2 saturated carbocycles. The largest absolute Gasteiger partial charge is 0.377 e. The summed E-state index contributed by atoms with van der Waals surface area (Å²) in [7, 11) is 0. The SMILES string of the molecule is C=CCOCC1CCC(C2CCC(/C=C/CC)CC2)CC1. The molecule has 0 heterocycles. The van der Waals surface area contributed by atoms with Gasteiger partial charge >= 0.3 is 0 Å². The molecule has 0 unspecified atom stereocenters. The van der Waals surface area contributed by atoms with Gasteiger partial charge in [0.05, 0.1) is 6.61 Å². The van der Waals surface area contributed by atoms with Crippen molar-refractivity contribution in [3.63, 3.8) is 0 Å². The van der Waals surface area contributed by atoms with Gasteiger partial charge in [-0.05, 0) is 81.5 Å². The Bertz CT molecular complexity index is 304. The summed E-state index contributed by atoms with van der Waals surface area (Å²) in [5.41, 5.74) is 0. The molecule has 0 N–H and O–H groups in total. The highest BCUT2D eigenvalue weighted by molar-refractivity contribution is 4.92. The molecule has 1 nitrogen and oxygen atoms in total. The summed E-state index contributed by atoms with van der Waals surface area (Å²) in [4.78, 5) is 0. The van der Waals surface area contributed by atoms with E-state index in [1.54, 1.807) is 0 Å². The van der Waals surface area contributed by atoms with E-state index in [-0.39, 0.29) is 0 Å². The lowest BCUT2D eigenvalue weighted by Gasteiger charge is -2.37. The van der Waals surface area contributed by atoms with Crippen molar-refractivity contribution < 1.29 is 4.74 Å². The van der Waals surface area contributed by atoms with Crippen LogP contribution in [0.1, 0.15) is 64.7 Å². The fourth-order valence-corrected chi connectivity index (χ4v) is 4.28. The molecule has 2 fully saturated rings. The summed E-state index contributed by atoms with van der Waals surface area (Å²) in [6.07, 6.45) is 19.4. The Hall–Kier alpha value is -0.560. The molecule has 0 spiro atoms. The van der Waals surface area contributed by atoms with Crippen LogP contribution in [-0.4, -0.2) is 13.2 Å². The van der Waals surface area contributed by atoms with Crippen molar-refractivity contribution in [1.82, 2.24) is 0 Å². The van der Waals surface area contributed by atoms with E-state index < -0.39 is 0 Å². The maximum absolute atomic E-state index is 5.63. The van der Waals surface area contributed by atoms with Crippen LogP contribution in [0.3, 0.4) is 0 Å². The van der Waals surface area contributed by atoms with E-state index >= 15 is 0 Å². The van der Waals surface area contributed by atoms with E-state index in [0.717, 1.165) is 36.9 Å². The first kappa shape index (κ1) is 16.8. The number of hydrogen-bond acceptors (Lipinski definition) is 1.